The monoisotopic (exact) mass is 229 g/mol. The molecule has 0 unspecified atom stereocenters. The lowest BCUT2D eigenvalue weighted by atomic mass is 10.4. The van der Waals surface area contributed by atoms with Gasteiger partial charge < -0.3 is 9.42 Å². The molecule has 0 saturated carbocycles. The van der Waals surface area contributed by atoms with Gasteiger partial charge in [0, 0.05) is 13.1 Å². The third kappa shape index (κ3) is 2.45. The van der Waals surface area contributed by atoms with Crippen molar-refractivity contribution in [1.82, 2.24) is 15.0 Å². The average Bonchev–Trinajstić information content (AvgIpc) is 2.87. The first-order valence-electron chi connectivity index (χ1n) is 4.53. The van der Waals surface area contributed by atoms with Crippen molar-refractivity contribution < 1.29 is 4.52 Å². The Balaban J connectivity index is 1.77. The number of hydrogen-bond acceptors (Lipinski definition) is 5. The zero-order valence-corrected chi connectivity index (χ0v) is 9.31. The molecule has 1 saturated heterocycles. The van der Waals surface area contributed by atoms with Gasteiger partial charge in [0.1, 0.15) is 4.32 Å². The molecule has 76 valence electrons. The van der Waals surface area contributed by atoms with Crippen LogP contribution in [0.3, 0.4) is 0 Å². The first-order valence-corrected chi connectivity index (χ1v) is 5.92. The van der Waals surface area contributed by atoms with Crippen LogP contribution in [0.25, 0.3) is 0 Å². The van der Waals surface area contributed by atoms with Crippen molar-refractivity contribution in [2.75, 3.05) is 13.1 Å². The van der Waals surface area contributed by atoms with Crippen LogP contribution in [0.5, 0.6) is 0 Å². The molecule has 0 spiro atoms. The molecule has 0 amide bonds. The molecule has 6 heteroatoms. The van der Waals surface area contributed by atoms with Gasteiger partial charge in [-0.3, -0.25) is 0 Å². The van der Waals surface area contributed by atoms with Crippen LogP contribution in [0.2, 0.25) is 0 Å². The molecule has 4 nitrogen and oxygen atoms in total. The van der Waals surface area contributed by atoms with E-state index in [1.165, 1.54) is 19.2 Å². The topological polar surface area (TPSA) is 42.2 Å². The number of thioether (sulfide) groups is 1. The lowest BCUT2D eigenvalue weighted by Crippen LogP contribution is -2.23. The third-order valence-corrected chi connectivity index (χ3v) is 3.62. The zero-order valence-electron chi connectivity index (χ0n) is 7.68. The summed E-state index contributed by atoms with van der Waals surface area (Å²) in [6.07, 6.45) is 3.85. The summed E-state index contributed by atoms with van der Waals surface area (Å²) in [5.74, 6) is 1.41. The number of thiocarbonyl (C=S) groups is 1. The second-order valence-electron chi connectivity index (χ2n) is 3.10. The van der Waals surface area contributed by atoms with Gasteiger partial charge in [-0.25, -0.2) is 0 Å². The minimum absolute atomic E-state index is 0.700. The van der Waals surface area contributed by atoms with Gasteiger partial charge in [0.15, 0.2) is 5.82 Å². The summed E-state index contributed by atoms with van der Waals surface area (Å²) in [6, 6.07) is 0. The second kappa shape index (κ2) is 4.75. The van der Waals surface area contributed by atoms with E-state index in [2.05, 4.69) is 19.6 Å². The first-order chi connectivity index (χ1) is 6.86. The van der Waals surface area contributed by atoms with Gasteiger partial charge in [-0.05, 0) is 12.8 Å². The fourth-order valence-electron chi connectivity index (χ4n) is 1.37. The highest BCUT2D eigenvalue weighted by atomic mass is 32.2. The first kappa shape index (κ1) is 9.92. The Labute approximate surface area is 92.0 Å². The van der Waals surface area contributed by atoms with E-state index in [1.807, 2.05) is 0 Å². The predicted molar refractivity (Wildman–Crippen MR) is 59.0 cm³/mol. The van der Waals surface area contributed by atoms with Crippen LogP contribution in [-0.4, -0.2) is 32.5 Å². The van der Waals surface area contributed by atoms with E-state index in [0.29, 0.717) is 11.6 Å². The van der Waals surface area contributed by atoms with Crippen molar-refractivity contribution >= 4 is 28.3 Å². The second-order valence-corrected chi connectivity index (χ2v) is 4.71. The predicted octanol–water partition coefficient (Wildman–Crippen LogP) is 1.68. The molecular formula is C8H11N3OS2. The van der Waals surface area contributed by atoms with Crippen LogP contribution in [0.1, 0.15) is 18.7 Å². The van der Waals surface area contributed by atoms with E-state index in [4.69, 9.17) is 12.2 Å². The number of hydrogen-bond donors (Lipinski definition) is 0. The van der Waals surface area contributed by atoms with Crippen molar-refractivity contribution in [2.24, 2.45) is 0 Å². The molecular weight excluding hydrogens is 218 g/mol. The highest BCUT2D eigenvalue weighted by Crippen LogP contribution is 2.18. The smallest absolute Gasteiger partial charge is 0.213 e. The highest BCUT2D eigenvalue weighted by Gasteiger charge is 2.15. The average molecular weight is 229 g/mol. The van der Waals surface area contributed by atoms with Crippen molar-refractivity contribution in [1.29, 1.82) is 0 Å². The third-order valence-electron chi connectivity index (χ3n) is 2.10. The largest absolute Gasteiger partial charge is 0.358 e. The number of rotatable bonds is 2. The maximum absolute atomic E-state index is 5.29. The molecule has 2 rings (SSSR count). The standard InChI is InChI=1S/C8H11N3OS2/c13-8(11-3-1-2-4-11)14-5-7-9-6-12-10-7/h6H,1-5H2. The van der Waals surface area contributed by atoms with Gasteiger partial charge in [0.2, 0.25) is 6.39 Å². The number of likely N-dealkylation sites (tertiary alicyclic amines) is 1. The zero-order chi connectivity index (χ0) is 9.80. The number of aromatic nitrogens is 2. The van der Waals surface area contributed by atoms with Crippen LogP contribution in [0, 0.1) is 0 Å². The fourth-order valence-corrected chi connectivity index (χ4v) is 2.48. The van der Waals surface area contributed by atoms with Gasteiger partial charge >= 0.3 is 0 Å². The Hall–Kier alpha value is -0.620. The minimum atomic E-state index is 0.700. The summed E-state index contributed by atoms with van der Waals surface area (Å²) < 4.78 is 5.59. The van der Waals surface area contributed by atoms with Crippen molar-refractivity contribution in [3.8, 4) is 0 Å². The van der Waals surface area contributed by atoms with E-state index < -0.39 is 0 Å². The Kier molecular flexibility index (Phi) is 3.36. The van der Waals surface area contributed by atoms with Crippen LogP contribution < -0.4 is 0 Å². The molecule has 0 radical (unpaired) electrons. The Bertz CT molecular complexity index is 296. The number of nitrogens with zero attached hydrogens (tertiary/aromatic N) is 3. The summed E-state index contributed by atoms with van der Waals surface area (Å²) in [5, 5.41) is 3.73. The molecule has 1 aromatic heterocycles. The lowest BCUT2D eigenvalue weighted by molar-refractivity contribution is 0.412. The van der Waals surface area contributed by atoms with Gasteiger partial charge in [0.25, 0.3) is 0 Å². The molecule has 0 atom stereocenters. The van der Waals surface area contributed by atoms with Crippen LogP contribution in [-0.2, 0) is 5.75 Å². The molecule has 0 N–H and O–H groups in total. The van der Waals surface area contributed by atoms with E-state index in [1.54, 1.807) is 11.8 Å². The van der Waals surface area contributed by atoms with E-state index in [0.717, 1.165) is 17.4 Å². The normalized spacial score (nSPS) is 16.1. The minimum Gasteiger partial charge on any atom is -0.358 e. The maximum Gasteiger partial charge on any atom is 0.213 e. The molecule has 2 heterocycles. The van der Waals surface area contributed by atoms with E-state index >= 15 is 0 Å². The molecule has 0 aromatic carbocycles. The molecule has 14 heavy (non-hydrogen) atoms. The molecule has 1 aromatic rings. The van der Waals surface area contributed by atoms with Crippen molar-refractivity contribution in [2.45, 2.75) is 18.6 Å². The van der Waals surface area contributed by atoms with Gasteiger partial charge in [-0.1, -0.05) is 29.1 Å². The van der Waals surface area contributed by atoms with Gasteiger partial charge in [0.05, 0.1) is 5.75 Å². The molecule has 1 aliphatic rings. The molecule has 1 fully saturated rings. The van der Waals surface area contributed by atoms with Crippen molar-refractivity contribution in [3.05, 3.63) is 12.2 Å². The SMILES string of the molecule is S=C(SCc1ncon1)N1CCCC1. The summed E-state index contributed by atoms with van der Waals surface area (Å²) in [5.41, 5.74) is 0. The van der Waals surface area contributed by atoms with Gasteiger partial charge in [-0.2, -0.15) is 4.98 Å². The summed E-state index contributed by atoms with van der Waals surface area (Å²) >= 11 is 6.89. The summed E-state index contributed by atoms with van der Waals surface area (Å²) in [6.45, 7) is 2.19. The molecule has 0 aliphatic carbocycles. The maximum atomic E-state index is 5.29. The summed E-state index contributed by atoms with van der Waals surface area (Å²) in [7, 11) is 0. The van der Waals surface area contributed by atoms with Gasteiger partial charge in [-0.15, -0.1) is 0 Å². The molecule has 1 aliphatic heterocycles. The van der Waals surface area contributed by atoms with Crippen LogP contribution in [0.15, 0.2) is 10.9 Å². The quantitative estimate of drug-likeness (QED) is 0.719. The van der Waals surface area contributed by atoms with Crippen LogP contribution in [0.4, 0.5) is 0 Å². The fraction of sp³-hybridized carbons (Fsp3) is 0.625. The Morgan fingerprint density at radius 3 is 3.00 bits per heavy atom. The summed E-state index contributed by atoms with van der Waals surface area (Å²) in [4.78, 5) is 6.17. The lowest BCUT2D eigenvalue weighted by Gasteiger charge is -2.16. The highest BCUT2D eigenvalue weighted by molar-refractivity contribution is 8.22. The van der Waals surface area contributed by atoms with E-state index in [-0.39, 0.29) is 0 Å². The van der Waals surface area contributed by atoms with E-state index in [9.17, 15) is 0 Å². The Morgan fingerprint density at radius 2 is 2.36 bits per heavy atom. The Morgan fingerprint density at radius 1 is 1.57 bits per heavy atom. The van der Waals surface area contributed by atoms with Crippen molar-refractivity contribution in [3.63, 3.8) is 0 Å². The van der Waals surface area contributed by atoms with Crippen LogP contribution >= 0.6 is 24.0 Å². The molecule has 0 bridgehead atoms.